The highest BCUT2D eigenvalue weighted by atomic mass is 13.9. The Balaban J connectivity index is 3.94. The van der Waals surface area contributed by atoms with Crippen LogP contribution in [-0.2, 0) is 0 Å². The highest BCUT2D eigenvalue weighted by Gasteiger charge is 1.82. The van der Waals surface area contributed by atoms with E-state index in [1.807, 2.05) is 19.1 Å². The van der Waals surface area contributed by atoms with Crippen molar-refractivity contribution in [2.24, 2.45) is 0 Å². The minimum atomic E-state index is 1.02. The molecule has 0 saturated carbocycles. The lowest BCUT2D eigenvalue weighted by Crippen LogP contribution is -1.72. The van der Waals surface area contributed by atoms with Gasteiger partial charge in [-0.3, -0.25) is 0 Å². The minimum Gasteiger partial charge on any atom is -0.0988 e. The van der Waals surface area contributed by atoms with Gasteiger partial charge in [-0.1, -0.05) is 43.4 Å². The lowest BCUT2D eigenvalue weighted by Gasteiger charge is -1.92. The smallest absolute Gasteiger partial charge is 0.0313 e. The zero-order chi connectivity index (χ0) is 7.28. The second kappa shape index (κ2) is 4.13. The maximum absolute atomic E-state index is 3.84. The summed E-state index contributed by atoms with van der Waals surface area (Å²) in [7, 11) is 0. The SMILES string of the molecule is C=C/C(C)=C/C(=C)CC. The van der Waals surface area contributed by atoms with Gasteiger partial charge in [0.05, 0.1) is 0 Å². The molecule has 0 unspecified atom stereocenters. The first-order valence-electron chi connectivity index (χ1n) is 3.19. The van der Waals surface area contributed by atoms with Gasteiger partial charge in [0.25, 0.3) is 0 Å². The van der Waals surface area contributed by atoms with Gasteiger partial charge in [0.15, 0.2) is 0 Å². The molecule has 0 aromatic carbocycles. The van der Waals surface area contributed by atoms with E-state index in [-0.39, 0.29) is 0 Å². The number of allylic oxidation sites excluding steroid dienone is 4. The molecule has 0 rings (SSSR count). The molecule has 0 spiro atoms. The van der Waals surface area contributed by atoms with Gasteiger partial charge in [-0.15, -0.1) is 0 Å². The van der Waals surface area contributed by atoms with E-state index in [9.17, 15) is 0 Å². The van der Waals surface area contributed by atoms with Crippen LogP contribution in [0.3, 0.4) is 0 Å². The summed E-state index contributed by atoms with van der Waals surface area (Å²) in [4.78, 5) is 0. The maximum atomic E-state index is 3.84. The molecule has 0 N–H and O–H groups in total. The summed E-state index contributed by atoms with van der Waals surface area (Å²) in [6, 6.07) is 0. The first-order valence-corrected chi connectivity index (χ1v) is 3.19. The largest absolute Gasteiger partial charge is 0.0988 e. The van der Waals surface area contributed by atoms with Crippen molar-refractivity contribution in [2.75, 3.05) is 0 Å². The Morgan fingerprint density at radius 2 is 2.11 bits per heavy atom. The van der Waals surface area contributed by atoms with Crippen LogP contribution in [0.1, 0.15) is 20.3 Å². The molecule has 0 aromatic heterocycles. The molecule has 0 nitrogen and oxygen atoms in total. The lowest BCUT2D eigenvalue weighted by molar-refractivity contribution is 1.15. The fourth-order valence-corrected chi connectivity index (χ4v) is 0.483. The Morgan fingerprint density at radius 3 is 2.44 bits per heavy atom. The van der Waals surface area contributed by atoms with Crippen LogP contribution in [0.2, 0.25) is 0 Å². The van der Waals surface area contributed by atoms with Gasteiger partial charge >= 0.3 is 0 Å². The highest BCUT2D eigenvalue weighted by molar-refractivity contribution is 5.25. The molecule has 0 amide bonds. The van der Waals surface area contributed by atoms with Crippen molar-refractivity contribution in [1.29, 1.82) is 0 Å². The van der Waals surface area contributed by atoms with Crippen LogP contribution in [0.4, 0.5) is 0 Å². The van der Waals surface area contributed by atoms with Gasteiger partial charge in [-0.25, -0.2) is 0 Å². The van der Waals surface area contributed by atoms with Crippen molar-refractivity contribution < 1.29 is 0 Å². The van der Waals surface area contributed by atoms with Gasteiger partial charge in [0.2, 0.25) is 0 Å². The van der Waals surface area contributed by atoms with Gasteiger partial charge in [0, 0.05) is 0 Å². The molecule has 0 fully saturated rings. The van der Waals surface area contributed by atoms with Crippen LogP contribution in [0.15, 0.2) is 36.5 Å². The summed E-state index contributed by atoms with van der Waals surface area (Å²) < 4.78 is 0. The third kappa shape index (κ3) is 3.77. The van der Waals surface area contributed by atoms with Crippen LogP contribution in [0.25, 0.3) is 0 Å². The van der Waals surface area contributed by atoms with E-state index in [4.69, 9.17) is 0 Å². The number of hydrogen-bond donors (Lipinski definition) is 0. The summed E-state index contributed by atoms with van der Waals surface area (Å²) in [6.45, 7) is 11.6. The molecule has 0 aliphatic rings. The molecule has 0 aromatic rings. The maximum Gasteiger partial charge on any atom is -0.0313 e. The summed E-state index contributed by atoms with van der Waals surface area (Å²) in [5.41, 5.74) is 2.34. The summed E-state index contributed by atoms with van der Waals surface area (Å²) >= 11 is 0. The van der Waals surface area contributed by atoms with Gasteiger partial charge in [-0.2, -0.15) is 0 Å². The first kappa shape index (κ1) is 8.22. The highest BCUT2D eigenvalue weighted by Crippen LogP contribution is 2.03. The van der Waals surface area contributed by atoms with E-state index in [1.54, 1.807) is 0 Å². The van der Waals surface area contributed by atoms with Gasteiger partial charge in [0.1, 0.15) is 0 Å². The average Bonchev–Trinajstić information content (AvgIpc) is 1.87. The molecular formula is C9H14. The van der Waals surface area contributed by atoms with Crippen LogP contribution in [0, 0.1) is 0 Å². The molecule has 9 heavy (non-hydrogen) atoms. The fourth-order valence-electron chi connectivity index (χ4n) is 0.483. The molecule has 0 heteroatoms. The second-order valence-electron chi connectivity index (χ2n) is 2.10. The Hall–Kier alpha value is -0.780. The van der Waals surface area contributed by atoms with E-state index in [2.05, 4.69) is 20.1 Å². The second-order valence-corrected chi connectivity index (χ2v) is 2.10. The van der Waals surface area contributed by atoms with E-state index in [1.165, 1.54) is 5.57 Å². The zero-order valence-electron chi connectivity index (χ0n) is 6.28. The van der Waals surface area contributed by atoms with Crippen LogP contribution in [0.5, 0.6) is 0 Å². The van der Waals surface area contributed by atoms with Crippen molar-refractivity contribution in [3.05, 3.63) is 36.5 Å². The predicted molar refractivity (Wildman–Crippen MR) is 43.4 cm³/mol. The topological polar surface area (TPSA) is 0 Å². The fraction of sp³-hybridized carbons (Fsp3) is 0.333. The standard InChI is InChI=1S/C9H14/c1-5-8(3)7-9(4)6-2/h5,7H,1,4,6H2,2-3H3/b8-7+. The van der Waals surface area contributed by atoms with Gasteiger partial charge < -0.3 is 0 Å². The monoisotopic (exact) mass is 122 g/mol. The van der Waals surface area contributed by atoms with E-state index in [0.717, 1.165) is 12.0 Å². The predicted octanol–water partition coefficient (Wildman–Crippen LogP) is 3.08. The first-order chi connectivity index (χ1) is 4.20. The minimum absolute atomic E-state index is 1.02. The summed E-state index contributed by atoms with van der Waals surface area (Å²) in [6.07, 6.45) is 4.90. The summed E-state index contributed by atoms with van der Waals surface area (Å²) in [5, 5.41) is 0. The molecule has 0 aliphatic carbocycles. The Labute approximate surface area is 57.6 Å². The normalized spacial score (nSPS) is 11.1. The third-order valence-electron chi connectivity index (χ3n) is 1.21. The molecular weight excluding hydrogens is 108 g/mol. The Kier molecular flexibility index (Phi) is 3.78. The Bertz CT molecular complexity index is 138. The van der Waals surface area contributed by atoms with E-state index < -0.39 is 0 Å². The number of hydrogen-bond acceptors (Lipinski definition) is 0. The van der Waals surface area contributed by atoms with Crippen molar-refractivity contribution in [1.82, 2.24) is 0 Å². The lowest BCUT2D eigenvalue weighted by atomic mass is 10.1. The Morgan fingerprint density at radius 1 is 1.56 bits per heavy atom. The zero-order valence-corrected chi connectivity index (χ0v) is 6.28. The molecule has 0 saturated heterocycles. The molecule has 0 heterocycles. The molecule has 0 bridgehead atoms. The average molecular weight is 122 g/mol. The molecule has 50 valence electrons. The van der Waals surface area contributed by atoms with Crippen molar-refractivity contribution in [2.45, 2.75) is 20.3 Å². The van der Waals surface area contributed by atoms with Crippen LogP contribution < -0.4 is 0 Å². The quantitative estimate of drug-likeness (QED) is 0.504. The number of rotatable bonds is 3. The van der Waals surface area contributed by atoms with Crippen molar-refractivity contribution >= 4 is 0 Å². The van der Waals surface area contributed by atoms with E-state index in [0.29, 0.717) is 0 Å². The van der Waals surface area contributed by atoms with E-state index >= 15 is 0 Å². The van der Waals surface area contributed by atoms with Crippen molar-refractivity contribution in [3.63, 3.8) is 0 Å². The molecule has 0 aliphatic heterocycles. The summed E-state index contributed by atoms with van der Waals surface area (Å²) in [5.74, 6) is 0. The van der Waals surface area contributed by atoms with Gasteiger partial charge in [-0.05, 0) is 13.3 Å². The van der Waals surface area contributed by atoms with Crippen molar-refractivity contribution in [3.8, 4) is 0 Å². The molecule has 0 radical (unpaired) electrons. The van der Waals surface area contributed by atoms with Crippen LogP contribution >= 0.6 is 0 Å². The molecule has 0 atom stereocenters. The van der Waals surface area contributed by atoms with Crippen LogP contribution in [-0.4, -0.2) is 0 Å². The third-order valence-corrected chi connectivity index (χ3v) is 1.21.